The highest BCUT2D eigenvalue weighted by atomic mass is 32.2. The first-order valence-electron chi connectivity index (χ1n) is 8.52. The summed E-state index contributed by atoms with van der Waals surface area (Å²) in [5.74, 6) is 11.1. The second-order valence-corrected chi connectivity index (χ2v) is 14.0. The molecule has 0 bridgehead atoms. The van der Waals surface area contributed by atoms with Crippen molar-refractivity contribution < 1.29 is 0 Å². The molecule has 6 heteroatoms. The van der Waals surface area contributed by atoms with E-state index in [0.717, 1.165) is 21.0 Å². The molecular formula is C16H28S6. The summed E-state index contributed by atoms with van der Waals surface area (Å²) < 4.78 is 0. The smallest absolute Gasteiger partial charge is 0.0229 e. The Morgan fingerprint density at radius 1 is 0.636 bits per heavy atom. The minimum Gasteiger partial charge on any atom is -0.160 e. The second-order valence-electron chi connectivity index (χ2n) is 6.20. The maximum atomic E-state index is 2.26. The van der Waals surface area contributed by atoms with Crippen LogP contribution in [0.25, 0.3) is 0 Å². The van der Waals surface area contributed by atoms with E-state index in [1.54, 1.807) is 0 Å². The first-order valence-corrected chi connectivity index (χ1v) is 15.0. The minimum absolute atomic E-state index is 0.924. The van der Waals surface area contributed by atoms with Crippen LogP contribution in [0.1, 0.15) is 25.7 Å². The molecule has 0 aromatic heterocycles. The third-order valence-electron chi connectivity index (χ3n) is 3.85. The Morgan fingerprint density at radius 3 is 1.45 bits per heavy atom. The van der Waals surface area contributed by atoms with Gasteiger partial charge in [-0.2, -0.15) is 70.6 Å². The quantitative estimate of drug-likeness (QED) is 0.387. The lowest BCUT2D eigenvalue weighted by Gasteiger charge is -2.27. The molecular weight excluding hydrogens is 385 g/mol. The highest BCUT2D eigenvalue weighted by Gasteiger charge is 2.24. The van der Waals surface area contributed by atoms with Gasteiger partial charge >= 0.3 is 0 Å². The van der Waals surface area contributed by atoms with Crippen LogP contribution in [0.5, 0.6) is 0 Å². The Labute approximate surface area is 162 Å². The fourth-order valence-corrected chi connectivity index (χ4v) is 10.7. The number of hydrogen-bond acceptors (Lipinski definition) is 6. The summed E-state index contributed by atoms with van der Waals surface area (Å²) in [5, 5.41) is 3.93. The van der Waals surface area contributed by atoms with Gasteiger partial charge in [0, 0.05) is 67.0 Å². The van der Waals surface area contributed by atoms with Gasteiger partial charge in [-0.3, -0.25) is 0 Å². The lowest BCUT2D eigenvalue weighted by Crippen LogP contribution is -2.25. The van der Waals surface area contributed by atoms with Crippen LogP contribution in [0.4, 0.5) is 0 Å². The van der Waals surface area contributed by atoms with Crippen LogP contribution >= 0.6 is 70.6 Å². The van der Waals surface area contributed by atoms with Crippen molar-refractivity contribution in [3.8, 4) is 0 Å². The molecule has 3 rings (SSSR count). The summed E-state index contributed by atoms with van der Waals surface area (Å²) in [5.41, 5.74) is 0. The monoisotopic (exact) mass is 412 g/mol. The maximum Gasteiger partial charge on any atom is 0.0229 e. The van der Waals surface area contributed by atoms with Crippen LogP contribution in [-0.4, -0.2) is 67.0 Å². The molecule has 1 saturated heterocycles. The van der Waals surface area contributed by atoms with Crippen molar-refractivity contribution in [1.29, 1.82) is 0 Å². The summed E-state index contributed by atoms with van der Waals surface area (Å²) in [7, 11) is 0. The largest absolute Gasteiger partial charge is 0.160 e. The fraction of sp³-hybridized carbons (Fsp3) is 1.00. The Balaban J connectivity index is 1.11. The van der Waals surface area contributed by atoms with E-state index in [1.165, 1.54) is 71.7 Å². The van der Waals surface area contributed by atoms with Crippen LogP contribution in [0, 0.1) is 0 Å². The average Bonchev–Trinajstić information content (AvgIpc) is 3.43. The number of rotatable bonds is 12. The molecule has 0 radical (unpaired) electrons. The number of thioether (sulfide) groups is 6. The van der Waals surface area contributed by atoms with Gasteiger partial charge in [0.1, 0.15) is 0 Å². The standard InChI is InChI=1S/C16H28S6/c1-2-13(1)19-7-5-17-9-15-11-22-16(12-21-15)10-18-6-8-20-14-3-4-14/h13-16H,1-12H2. The molecule has 0 amide bonds. The molecule has 3 fully saturated rings. The molecule has 2 atom stereocenters. The Kier molecular flexibility index (Phi) is 9.40. The maximum absolute atomic E-state index is 2.26. The van der Waals surface area contributed by atoms with E-state index in [2.05, 4.69) is 70.6 Å². The van der Waals surface area contributed by atoms with Crippen molar-refractivity contribution in [3.63, 3.8) is 0 Å². The molecule has 2 aliphatic carbocycles. The van der Waals surface area contributed by atoms with E-state index in [9.17, 15) is 0 Å². The molecule has 0 spiro atoms. The van der Waals surface area contributed by atoms with Gasteiger partial charge in [0.25, 0.3) is 0 Å². The molecule has 0 N–H and O–H groups in total. The highest BCUT2D eigenvalue weighted by molar-refractivity contribution is 8.09. The van der Waals surface area contributed by atoms with E-state index >= 15 is 0 Å². The Morgan fingerprint density at radius 2 is 1.09 bits per heavy atom. The van der Waals surface area contributed by atoms with Crippen LogP contribution < -0.4 is 0 Å². The summed E-state index contributed by atoms with van der Waals surface area (Å²) in [6.45, 7) is 0. The third kappa shape index (κ3) is 8.46. The fourth-order valence-electron chi connectivity index (χ4n) is 2.22. The molecule has 3 aliphatic rings. The van der Waals surface area contributed by atoms with E-state index in [-0.39, 0.29) is 0 Å². The zero-order valence-corrected chi connectivity index (χ0v) is 18.1. The minimum atomic E-state index is 0.924. The lowest BCUT2D eigenvalue weighted by atomic mass is 10.5. The summed E-state index contributed by atoms with van der Waals surface area (Å²) in [6, 6.07) is 0. The Hall–Kier alpha value is 2.10. The van der Waals surface area contributed by atoms with E-state index in [0.29, 0.717) is 0 Å². The van der Waals surface area contributed by atoms with Gasteiger partial charge in [-0.05, 0) is 25.7 Å². The van der Waals surface area contributed by atoms with Crippen LogP contribution in [-0.2, 0) is 0 Å². The number of hydrogen-bond donors (Lipinski definition) is 0. The molecule has 0 aromatic rings. The third-order valence-corrected chi connectivity index (χ3v) is 13.0. The van der Waals surface area contributed by atoms with Crippen molar-refractivity contribution in [1.82, 2.24) is 0 Å². The molecule has 0 nitrogen and oxygen atoms in total. The first-order chi connectivity index (χ1) is 10.9. The van der Waals surface area contributed by atoms with Crippen molar-refractivity contribution in [2.45, 2.75) is 46.7 Å². The van der Waals surface area contributed by atoms with Crippen molar-refractivity contribution in [2.24, 2.45) is 0 Å². The van der Waals surface area contributed by atoms with E-state index in [1.807, 2.05) is 0 Å². The molecule has 0 aromatic carbocycles. The van der Waals surface area contributed by atoms with Crippen LogP contribution in [0.3, 0.4) is 0 Å². The van der Waals surface area contributed by atoms with Crippen molar-refractivity contribution in [2.75, 3.05) is 46.0 Å². The molecule has 1 heterocycles. The first kappa shape index (κ1) is 18.9. The zero-order chi connectivity index (χ0) is 15.0. The molecule has 22 heavy (non-hydrogen) atoms. The van der Waals surface area contributed by atoms with Gasteiger partial charge in [-0.15, -0.1) is 0 Å². The summed E-state index contributed by atoms with van der Waals surface area (Å²) in [4.78, 5) is 0. The molecule has 2 unspecified atom stereocenters. The predicted octanol–water partition coefficient (Wildman–Crippen LogP) is 5.46. The SMILES string of the molecule is C(CSC1CC1)SCC1CSC(CSCCSC2CC2)CS1. The van der Waals surface area contributed by atoms with Crippen molar-refractivity contribution >= 4 is 70.6 Å². The Bertz CT molecular complexity index is 267. The van der Waals surface area contributed by atoms with Gasteiger partial charge in [0.2, 0.25) is 0 Å². The normalized spacial score (nSPS) is 28.9. The molecule has 128 valence electrons. The topological polar surface area (TPSA) is 0 Å². The molecule has 2 saturated carbocycles. The van der Waals surface area contributed by atoms with Crippen LogP contribution in [0.15, 0.2) is 0 Å². The zero-order valence-electron chi connectivity index (χ0n) is 13.2. The highest BCUT2D eigenvalue weighted by Crippen LogP contribution is 2.36. The average molecular weight is 413 g/mol. The van der Waals surface area contributed by atoms with Gasteiger partial charge in [0.15, 0.2) is 0 Å². The van der Waals surface area contributed by atoms with Gasteiger partial charge < -0.3 is 0 Å². The van der Waals surface area contributed by atoms with Crippen LogP contribution in [0.2, 0.25) is 0 Å². The van der Waals surface area contributed by atoms with E-state index in [4.69, 9.17) is 0 Å². The molecule has 1 aliphatic heterocycles. The van der Waals surface area contributed by atoms with Gasteiger partial charge in [-0.25, -0.2) is 0 Å². The summed E-state index contributed by atoms with van der Waals surface area (Å²) in [6.07, 6.45) is 5.96. The van der Waals surface area contributed by atoms with Crippen molar-refractivity contribution in [3.05, 3.63) is 0 Å². The lowest BCUT2D eigenvalue weighted by molar-refractivity contribution is 1.06. The second kappa shape index (κ2) is 10.9. The van der Waals surface area contributed by atoms with Gasteiger partial charge in [0.05, 0.1) is 0 Å². The summed E-state index contributed by atoms with van der Waals surface area (Å²) >= 11 is 13.3. The predicted molar refractivity (Wildman–Crippen MR) is 118 cm³/mol. The van der Waals surface area contributed by atoms with Gasteiger partial charge in [-0.1, -0.05) is 0 Å². The van der Waals surface area contributed by atoms with E-state index < -0.39 is 0 Å².